The summed E-state index contributed by atoms with van der Waals surface area (Å²) in [4.78, 5) is 13.1. The number of benzene rings is 2. The number of Topliss-reactive ketones (excluding diaryl/α,β-unsaturated/α-hetero) is 1. The van der Waals surface area contributed by atoms with Crippen molar-refractivity contribution in [3.63, 3.8) is 0 Å². The number of hydrogen-bond donors (Lipinski definition) is 0. The number of fused-ring (bicyclic) bond motifs is 1. The van der Waals surface area contributed by atoms with Gasteiger partial charge >= 0.3 is 0 Å². The highest BCUT2D eigenvalue weighted by atomic mass is 35.5. The van der Waals surface area contributed by atoms with Crippen molar-refractivity contribution in [3.05, 3.63) is 94.3 Å². The molecular formula is C23H17ClN2O4S. The van der Waals surface area contributed by atoms with Crippen LogP contribution in [0, 0.1) is 13.8 Å². The van der Waals surface area contributed by atoms with Gasteiger partial charge in [0.15, 0.2) is 18.1 Å². The largest absolute Gasteiger partial charge is 0.867 e. The van der Waals surface area contributed by atoms with Gasteiger partial charge in [-0.2, -0.15) is 13.0 Å². The van der Waals surface area contributed by atoms with E-state index in [1.165, 1.54) is 34.9 Å². The normalized spacial score (nSPS) is 15.3. The van der Waals surface area contributed by atoms with Crippen molar-refractivity contribution in [1.29, 1.82) is 0 Å². The van der Waals surface area contributed by atoms with Crippen LogP contribution in [0.5, 0.6) is 0 Å². The van der Waals surface area contributed by atoms with E-state index in [1.807, 2.05) is 13.8 Å². The summed E-state index contributed by atoms with van der Waals surface area (Å²) >= 11 is 5.85. The molecule has 0 N–H and O–H groups in total. The van der Waals surface area contributed by atoms with E-state index in [0.717, 1.165) is 11.1 Å². The SMILES string of the molecule is Cc1cc[n+](C2=C([O-])c3ccccc3C(=O)C2=NS(=O)(=O)c2ccc(Cl)cc2)cc1C. The van der Waals surface area contributed by atoms with Crippen LogP contribution in [0.15, 0.2) is 76.3 Å². The summed E-state index contributed by atoms with van der Waals surface area (Å²) in [6.07, 6.45) is 3.29. The van der Waals surface area contributed by atoms with Crippen molar-refractivity contribution >= 4 is 44.6 Å². The van der Waals surface area contributed by atoms with Gasteiger partial charge in [-0.3, -0.25) is 4.79 Å². The lowest BCUT2D eigenvalue weighted by Crippen LogP contribution is -2.44. The van der Waals surface area contributed by atoms with Gasteiger partial charge in [0, 0.05) is 22.2 Å². The number of rotatable bonds is 3. The first-order chi connectivity index (χ1) is 14.7. The molecule has 0 saturated heterocycles. The fraction of sp³-hybridized carbons (Fsp3) is 0.0870. The van der Waals surface area contributed by atoms with E-state index in [9.17, 15) is 18.3 Å². The van der Waals surface area contributed by atoms with Gasteiger partial charge in [0.05, 0.1) is 4.90 Å². The molecule has 8 heteroatoms. The van der Waals surface area contributed by atoms with Gasteiger partial charge in [0.1, 0.15) is 0 Å². The molecule has 0 amide bonds. The van der Waals surface area contributed by atoms with Crippen molar-refractivity contribution < 1.29 is 22.9 Å². The van der Waals surface area contributed by atoms with E-state index in [0.29, 0.717) is 5.02 Å². The lowest BCUT2D eigenvalue weighted by molar-refractivity contribution is -0.578. The van der Waals surface area contributed by atoms with Crippen LogP contribution < -0.4 is 9.67 Å². The average molecular weight is 453 g/mol. The van der Waals surface area contributed by atoms with Gasteiger partial charge in [0.25, 0.3) is 10.0 Å². The quantitative estimate of drug-likeness (QED) is 0.571. The minimum absolute atomic E-state index is 0.107. The summed E-state index contributed by atoms with van der Waals surface area (Å²) in [6.45, 7) is 3.77. The second kappa shape index (κ2) is 7.76. The van der Waals surface area contributed by atoms with Gasteiger partial charge in [-0.15, -0.1) is 4.40 Å². The van der Waals surface area contributed by atoms with Gasteiger partial charge in [0.2, 0.25) is 11.5 Å². The van der Waals surface area contributed by atoms with Crippen LogP contribution in [0.1, 0.15) is 27.0 Å². The predicted octanol–water partition coefficient (Wildman–Crippen LogP) is 2.96. The van der Waals surface area contributed by atoms with Crippen molar-refractivity contribution in [2.75, 3.05) is 0 Å². The lowest BCUT2D eigenvalue weighted by atomic mass is 9.91. The Labute approximate surface area is 184 Å². The van der Waals surface area contributed by atoms with Crippen LogP contribution in [0.3, 0.4) is 0 Å². The number of aryl methyl sites for hydroxylation is 2. The zero-order valence-corrected chi connectivity index (χ0v) is 18.2. The molecule has 1 aliphatic rings. The number of carbonyl (C=O) groups is 1. The van der Waals surface area contributed by atoms with Crippen LogP contribution in [0.2, 0.25) is 5.02 Å². The Morgan fingerprint density at radius 3 is 2.23 bits per heavy atom. The maximum absolute atomic E-state index is 13.3. The molecule has 1 heterocycles. The molecule has 0 radical (unpaired) electrons. The Bertz CT molecular complexity index is 1390. The van der Waals surface area contributed by atoms with Crippen LogP contribution in [-0.2, 0) is 10.0 Å². The van der Waals surface area contributed by atoms with E-state index < -0.39 is 27.3 Å². The van der Waals surface area contributed by atoms with Crippen LogP contribution in [-0.4, -0.2) is 19.9 Å². The molecule has 6 nitrogen and oxygen atoms in total. The van der Waals surface area contributed by atoms with Crippen molar-refractivity contribution in [1.82, 2.24) is 0 Å². The zero-order chi connectivity index (χ0) is 22.3. The first-order valence-corrected chi connectivity index (χ1v) is 11.2. The van der Waals surface area contributed by atoms with Crippen LogP contribution in [0.4, 0.5) is 0 Å². The Kier molecular flexibility index (Phi) is 5.24. The lowest BCUT2D eigenvalue weighted by Gasteiger charge is -2.23. The van der Waals surface area contributed by atoms with Crippen LogP contribution in [0.25, 0.3) is 11.5 Å². The predicted molar refractivity (Wildman–Crippen MR) is 116 cm³/mol. The number of sulfonamides is 1. The molecule has 0 saturated carbocycles. The Balaban J connectivity index is 1.99. The van der Waals surface area contributed by atoms with Gasteiger partial charge in [-0.25, -0.2) is 0 Å². The van der Waals surface area contributed by atoms with E-state index in [-0.39, 0.29) is 21.7 Å². The highest BCUT2D eigenvalue weighted by Gasteiger charge is 2.35. The number of aromatic nitrogens is 1. The third kappa shape index (κ3) is 3.78. The Morgan fingerprint density at radius 2 is 1.58 bits per heavy atom. The summed E-state index contributed by atoms with van der Waals surface area (Å²) in [7, 11) is -4.27. The molecule has 31 heavy (non-hydrogen) atoms. The van der Waals surface area contributed by atoms with Gasteiger partial charge < -0.3 is 5.11 Å². The summed E-state index contributed by atoms with van der Waals surface area (Å²) < 4.78 is 31.2. The fourth-order valence-corrected chi connectivity index (χ4v) is 4.39. The number of nitrogens with zero attached hydrogens (tertiary/aromatic N) is 2. The maximum Gasteiger partial charge on any atom is 0.283 e. The molecule has 2 aromatic carbocycles. The smallest absolute Gasteiger partial charge is 0.283 e. The minimum Gasteiger partial charge on any atom is -0.867 e. The molecule has 3 aromatic rings. The number of ketones is 1. The minimum atomic E-state index is -4.27. The molecule has 1 aliphatic carbocycles. The molecule has 4 rings (SSSR count). The van der Waals surface area contributed by atoms with Gasteiger partial charge in [-0.05, 0) is 55.0 Å². The molecule has 0 atom stereocenters. The standard InChI is InChI=1S/C23H17ClN2O4S/c1-14-11-12-26(13-15(14)2)21-20(22(27)18-5-3-4-6-19(18)23(21)28)25-31(29,30)17-9-7-16(24)8-10-17/h3-13H,1-2H3. The number of allylic oxidation sites excluding steroid dienone is 1. The second-order valence-electron chi connectivity index (χ2n) is 7.14. The first kappa shape index (κ1) is 21.0. The molecule has 0 aliphatic heterocycles. The van der Waals surface area contributed by atoms with E-state index >= 15 is 0 Å². The second-order valence-corrected chi connectivity index (χ2v) is 9.18. The molecule has 0 fully saturated rings. The Morgan fingerprint density at radius 1 is 0.935 bits per heavy atom. The summed E-state index contributed by atoms with van der Waals surface area (Å²) in [5, 5.41) is 13.7. The summed E-state index contributed by atoms with van der Waals surface area (Å²) in [5.41, 5.74) is 1.64. The monoisotopic (exact) mass is 452 g/mol. The van der Waals surface area contributed by atoms with Gasteiger partial charge in [-0.1, -0.05) is 35.9 Å². The average Bonchev–Trinajstić information content (AvgIpc) is 2.74. The molecule has 1 aromatic heterocycles. The molecule has 156 valence electrons. The van der Waals surface area contributed by atoms with Crippen LogP contribution >= 0.6 is 11.6 Å². The number of halogens is 1. The molecular weight excluding hydrogens is 436 g/mol. The highest BCUT2D eigenvalue weighted by molar-refractivity contribution is 7.90. The molecule has 0 spiro atoms. The van der Waals surface area contributed by atoms with Crippen molar-refractivity contribution in [2.24, 2.45) is 4.40 Å². The van der Waals surface area contributed by atoms with E-state index in [4.69, 9.17) is 11.6 Å². The van der Waals surface area contributed by atoms with Crippen molar-refractivity contribution in [3.8, 4) is 0 Å². The topological polar surface area (TPSA) is 90.5 Å². The highest BCUT2D eigenvalue weighted by Crippen LogP contribution is 2.28. The van der Waals surface area contributed by atoms with E-state index in [1.54, 1.807) is 36.7 Å². The molecule has 0 bridgehead atoms. The fourth-order valence-electron chi connectivity index (χ4n) is 3.27. The summed E-state index contributed by atoms with van der Waals surface area (Å²) in [5.74, 6) is -1.11. The van der Waals surface area contributed by atoms with Crippen molar-refractivity contribution in [2.45, 2.75) is 18.7 Å². The number of hydrogen-bond acceptors (Lipinski definition) is 4. The summed E-state index contributed by atoms with van der Waals surface area (Å²) in [6, 6.07) is 13.5. The third-order valence-corrected chi connectivity index (χ3v) is 6.63. The number of pyridine rings is 1. The number of carbonyl (C=O) groups excluding carboxylic acids is 1. The molecule has 0 unspecified atom stereocenters. The Hall–Kier alpha value is -3.29. The van der Waals surface area contributed by atoms with E-state index in [2.05, 4.69) is 4.40 Å². The third-order valence-electron chi connectivity index (χ3n) is 5.09. The maximum atomic E-state index is 13.3. The first-order valence-electron chi connectivity index (χ1n) is 9.34. The zero-order valence-electron chi connectivity index (χ0n) is 16.7.